The van der Waals surface area contributed by atoms with Crippen molar-refractivity contribution in [2.45, 2.75) is 57.7 Å². The van der Waals surface area contributed by atoms with Crippen molar-refractivity contribution >= 4 is 0 Å². The van der Waals surface area contributed by atoms with Crippen LogP contribution in [0.4, 0.5) is 0 Å². The van der Waals surface area contributed by atoms with Crippen LogP contribution >= 0.6 is 0 Å². The summed E-state index contributed by atoms with van der Waals surface area (Å²) >= 11 is 0. The molecule has 0 bridgehead atoms. The number of aliphatic hydroxyl groups is 1. The zero-order chi connectivity index (χ0) is 14.1. The van der Waals surface area contributed by atoms with E-state index in [0.29, 0.717) is 11.8 Å². The SMILES string of the molecule is COC1(C(O)Cc2cn(C)nn2)CCC(C)(C)CC1. The van der Waals surface area contributed by atoms with E-state index < -0.39 is 11.7 Å². The van der Waals surface area contributed by atoms with Gasteiger partial charge in [-0.25, -0.2) is 0 Å². The third-order valence-electron chi connectivity index (χ3n) is 4.52. The maximum atomic E-state index is 10.6. The lowest BCUT2D eigenvalue weighted by atomic mass is 9.68. The van der Waals surface area contributed by atoms with Crippen LogP contribution in [0.15, 0.2) is 6.20 Å². The predicted octanol–water partition coefficient (Wildman–Crippen LogP) is 1.70. The van der Waals surface area contributed by atoms with Gasteiger partial charge in [-0.2, -0.15) is 0 Å². The van der Waals surface area contributed by atoms with Gasteiger partial charge in [0.25, 0.3) is 0 Å². The van der Waals surface area contributed by atoms with Gasteiger partial charge in [0.15, 0.2) is 0 Å². The Balaban J connectivity index is 2.05. The Hall–Kier alpha value is -0.940. The summed E-state index contributed by atoms with van der Waals surface area (Å²) in [6.07, 6.45) is 5.79. The average Bonchev–Trinajstić information content (AvgIpc) is 2.75. The molecule has 108 valence electrons. The number of aromatic nitrogens is 3. The molecule has 0 aliphatic heterocycles. The number of aliphatic hydroxyl groups excluding tert-OH is 1. The van der Waals surface area contributed by atoms with Gasteiger partial charge in [-0.05, 0) is 31.1 Å². The van der Waals surface area contributed by atoms with Gasteiger partial charge in [0.2, 0.25) is 0 Å². The molecule has 19 heavy (non-hydrogen) atoms. The van der Waals surface area contributed by atoms with Gasteiger partial charge < -0.3 is 9.84 Å². The minimum absolute atomic E-state index is 0.355. The maximum Gasteiger partial charge on any atom is 0.0940 e. The summed E-state index contributed by atoms with van der Waals surface area (Å²) in [6, 6.07) is 0. The van der Waals surface area contributed by atoms with Gasteiger partial charge in [0.05, 0.1) is 17.4 Å². The van der Waals surface area contributed by atoms with Crippen molar-refractivity contribution in [1.29, 1.82) is 0 Å². The van der Waals surface area contributed by atoms with Crippen LogP contribution in [0.1, 0.15) is 45.2 Å². The Bertz CT molecular complexity index is 418. The predicted molar refractivity (Wildman–Crippen MR) is 72.7 cm³/mol. The number of rotatable bonds is 4. The second-order valence-corrected chi connectivity index (χ2v) is 6.54. The molecular formula is C14H25N3O2. The number of ether oxygens (including phenoxy) is 1. The molecule has 0 amide bonds. The number of hydrogen-bond acceptors (Lipinski definition) is 4. The van der Waals surface area contributed by atoms with Crippen molar-refractivity contribution in [1.82, 2.24) is 15.0 Å². The number of hydrogen-bond donors (Lipinski definition) is 1. The van der Waals surface area contributed by atoms with Crippen LogP contribution in [-0.2, 0) is 18.2 Å². The van der Waals surface area contributed by atoms with E-state index >= 15 is 0 Å². The monoisotopic (exact) mass is 267 g/mol. The zero-order valence-electron chi connectivity index (χ0n) is 12.4. The lowest BCUT2D eigenvalue weighted by Gasteiger charge is -2.45. The van der Waals surface area contributed by atoms with Crippen molar-refractivity contribution in [3.05, 3.63) is 11.9 Å². The quantitative estimate of drug-likeness (QED) is 0.902. The van der Waals surface area contributed by atoms with E-state index in [-0.39, 0.29) is 0 Å². The molecule has 1 saturated carbocycles. The van der Waals surface area contributed by atoms with E-state index in [0.717, 1.165) is 31.4 Å². The second kappa shape index (κ2) is 5.21. The van der Waals surface area contributed by atoms with Crippen LogP contribution in [-0.4, -0.2) is 38.9 Å². The average molecular weight is 267 g/mol. The van der Waals surface area contributed by atoms with Gasteiger partial charge in [-0.1, -0.05) is 19.1 Å². The molecule has 1 aliphatic rings. The molecule has 5 nitrogen and oxygen atoms in total. The molecule has 0 radical (unpaired) electrons. The summed E-state index contributed by atoms with van der Waals surface area (Å²) in [5, 5.41) is 18.5. The van der Waals surface area contributed by atoms with E-state index in [4.69, 9.17) is 4.74 Å². The minimum Gasteiger partial charge on any atom is -0.390 e. The molecule has 1 atom stereocenters. The molecule has 2 rings (SSSR count). The van der Waals surface area contributed by atoms with Crippen LogP contribution in [0.5, 0.6) is 0 Å². The molecule has 5 heteroatoms. The Morgan fingerprint density at radius 3 is 2.47 bits per heavy atom. The fraction of sp³-hybridized carbons (Fsp3) is 0.857. The van der Waals surface area contributed by atoms with E-state index in [2.05, 4.69) is 24.2 Å². The zero-order valence-corrected chi connectivity index (χ0v) is 12.4. The molecule has 0 spiro atoms. The molecule has 0 saturated heterocycles. The van der Waals surface area contributed by atoms with Gasteiger partial charge in [-0.15, -0.1) is 5.10 Å². The van der Waals surface area contributed by atoms with Gasteiger partial charge >= 0.3 is 0 Å². The maximum absolute atomic E-state index is 10.6. The fourth-order valence-electron chi connectivity index (χ4n) is 2.90. The van der Waals surface area contributed by atoms with Crippen LogP contribution < -0.4 is 0 Å². The Kier molecular flexibility index (Phi) is 3.97. The highest BCUT2D eigenvalue weighted by Gasteiger charge is 2.43. The summed E-state index contributed by atoms with van der Waals surface area (Å²) < 4.78 is 7.37. The first kappa shape index (κ1) is 14.5. The topological polar surface area (TPSA) is 60.2 Å². The van der Waals surface area contributed by atoms with Crippen LogP contribution in [0.25, 0.3) is 0 Å². The molecule has 1 N–H and O–H groups in total. The van der Waals surface area contributed by atoms with Crippen molar-refractivity contribution in [3.8, 4) is 0 Å². The first-order valence-corrected chi connectivity index (χ1v) is 6.95. The summed E-state index contributed by atoms with van der Waals surface area (Å²) in [5.41, 5.74) is 0.748. The summed E-state index contributed by atoms with van der Waals surface area (Å²) in [6.45, 7) is 4.56. The highest BCUT2D eigenvalue weighted by molar-refractivity contribution is 5.02. The van der Waals surface area contributed by atoms with Gasteiger partial charge in [0.1, 0.15) is 0 Å². The van der Waals surface area contributed by atoms with Crippen molar-refractivity contribution < 1.29 is 9.84 Å². The molecule has 1 aromatic heterocycles. The standard InChI is InChI=1S/C14H25N3O2/c1-13(2)5-7-14(19-4,8-6-13)12(18)9-11-10-17(3)16-15-11/h10,12,18H,5-9H2,1-4H3. The van der Waals surface area contributed by atoms with Crippen molar-refractivity contribution in [2.24, 2.45) is 12.5 Å². The van der Waals surface area contributed by atoms with Gasteiger partial charge in [0, 0.05) is 26.8 Å². The summed E-state index contributed by atoms with van der Waals surface area (Å²) in [7, 11) is 3.54. The Morgan fingerprint density at radius 2 is 2.00 bits per heavy atom. The summed E-state index contributed by atoms with van der Waals surface area (Å²) in [4.78, 5) is 0. The third kappa shape index (κ3) is 3.15. The highest BCUT2D eigenvalue weighted by Crippen LogP contribution is 2.43. The lowest BCUT2D eigenvalue weighted by molar-refractivity contribution is -0.135. The number of methoxy groups -OCH3 is 1. The normalized spacial score (nSPS) is 23.2. The van der Waals surface area contributed by atoms with E-state index in [9.17, 15) is 5.11 Å². The fourth-order valence-corrected chi connectivity index (χ4v) is 2.90. The molecule has 1 aromatic rings. The van der Waals surface area contributed by atoms with E-state index in [1.54, 1.807) is 11.8 Å². The Labute approximate surface area is 115 Å². The van der Waals surface area contributed by atoms with Crippen molar-refractivity contribution in [3.63, 3.8) is 0 Å². The first-order chi connectivity index (χ1) is 8.87. The first-order valence-electron chi connectivity index (χ1n) is 6.95. The molecule has 1 aliphatic carbocycles. The third-order valence-corrected chi connectivity index (χ3v) is 4.52. The smallest absolute Gasteiger partial charge is 0.0940 e. The molecule has 1 heterocycles. The second-order valence-electron chi connectivity index (χ2n) is 6.54. The number of aryl methyl sites for hydroxylation is 1. The Morgan fingerprint density at radius 1 is 1.37 bits per heavy atom. The molecule has 0 aromatic carbocycles. The van der Waals surface area contributed by atoms with Crippen molar-refractivity contribution in [2.75, 3.05) is 7.11 Å². The molecule has 1 fully saturated rings. The van der Waals surface area contributed by atoms with Crippen LogP contribution in [0.2, 0.25) is 0 Å². The van der Waals surface area contributed by atoms with Crippen LogP contribution in [0, 0.1) is 5.41 Å². The molecular weight excluding hydrogens is 242 g/mol. The van der Waals surface area contributed by atoms with E-state index in [1.165, 1.54) is 0 Å². The highest BCUT2D eigenvalue weighted by atomic mass is 16.5. The minimum atomic E-state index is -0.523. The largest absolute Gasteiger partial charge is 0.390 e. The van der Waals surface area contributed by atoms with Crippen LogP contribution in [0.3, 0.4) is 0 Å². The lowest BCUT2D eigenvalue weighted by Crippen LogP contribution is -2.49. The summed E-state index contributed by atoms with van der Waals surface area (Å²) in [5.74, 6) is 0. The number of nitrogens with zero attached hydrogens (tertiary/aromatic N) is 3. The van der Waals surface area contributed by atoms with E-state index in [1.807, 2.05) is 13.2 Å². The molecule has 1 unspecified atom stereocenters. The van der Waals surface area contributed by atoms with Gasteiger partial charge in [-0.3, -0.25) is 4.68 Å².